The van der Waals surface area contributed by atoms with Crippen molar-refractivity contribution in [3.05, 3.63) is 60.2 Å². The fraction of sp³-hybridized carbons (Fsp3) is 0.188. The Balaban J connectivity index is 2.11. The molecule has 1 aromatic carbocycles. The molecule has 0 aliphatic rings. The van der Waals surface area contributed by atoms with Crippen LogP contribution in [0.2, 0.25) is 0 Å². The number of aromatic amines is 1. The van der Waals surface area contributed by atoms with Gasteiger partial charge in [0.1, 0.15) is 5.78 Å². The van der Waals surface area contributed by atoms with Gasteiger partial charge in [0, 0.05) is 29.4 Å². The number of nitrogens with one attached hydrogen (secondary N) is 1. The second-order valence-electron chi connectivity index (χ2n) is 4.81. The Hall–Kier alpha value is -2.29. The lowest BCUT2D eigenvalue weighted by Crippen LogP contribution is -2.04. The summed E-state index contributed by atoms with van der Waals surface area (Å²) in [4.78, 5) is 14.8. The number of H-pyrrole nitrogens is 1. The van der Waals surface area contributed by atoms with E-state index in [9.17, 15) is 4.79 Å². The average molecular weight is 253 g/mol. The summed E-state index contributed by atoms with van der Waals surface area (Å²) < 4.78 is 5.17. The largest absolute Gasteiger partial charge is 0.472 e. The molecule has 0 radical (unpaired) electrons. The van der Waals surface area contributed by atoms with E-state index in [2.05, 4.69) is 11.1 Å². The van der Waals surface area contributed by atoms with Crippen LogP contribution in [0.25, 0.3) is 10.9 Å². The number of rotatable bonds is 4. The Kier molecular flexibility index (Phi) is 2.95. The molecule has 3 rings (SSSR count). The summed E-state index contributed by atoms with van der Waals surface area (Å²) in [6.45, 7) is 1.63. The first kappa shape index (κ1) is 11.8. The van der Waals surface area contributed by atoms with Gasteiger partial charge in [0.05, 0.1) is 12.5 Å². The minimum atomic E-state index is 0.0485. The number of fused-ring (bicyclic) bond motifs is 1. The van der Waals surface area contributed by atoms with Crippen molar-refractivity contribution in [1.82, 2.24) is 4.98 Å². The van der Waals surface area contributed by atoms with Crippen LogP contribution in [0, 0.1) is 0 Å². The highest BCUT2D eigenvalue weighted by molar-refractivity contribution is 5.85. The van der Waals surface area contributed by atoms with Gasteiger partial charge < -0.3 is 9.40 Å². The average Bonchev–Trinajstić information content (AvgIpc) is 3.05. The molecule has 0 spiro atoms. The molecule has 0 aliphatic heterocycles. The van der Waals surface area contributed by atoms with Gasteiger partial charge in [-0.3, -0.25) is 4.79 Å². The molecular formula is C16H15NO2. The second kappa shape index (κ2) is 4.76. The lowest BCUT2D eigenvalue weighted by Gasteiger charge is -2.13. The Bertz CT molecular complexity index is 694. The molecule has 3 nitrogen and oxygen atoms in total. The van der Waals surface area contributed by atoms with E-state index in [1.165, 1.54) is 0 Å². The molecule has 2 heterocycles. The van der Waals surface area contributed by atoms with Crippen molar-refractivity contribution in [3.63, 3.8) is 0 Å². The fourth-order valence-corrected chi connectivity index (χ4v) is 2.55. The summed E-state index contributed by atoms with van der Waals surface area (Å²) >= 11 is 0. The molecule has 1 N–H and O–H groups in total. The Labute approximate surface area is 111 Å². The maximum Gasteiger partial charge on any atom is 0.130 e. The zero-order chi connectivity index (χ0) is 13.2. The number of Topliss-reactive ketones (excluding diaryl/α,β-unsaturated/α-hetero) is 1. The van der Waals surface area contributed by atoms with Crippen molar-refractivity contribution in [2.45, 2.75) is 19.3 Å². The number of para-hydroxylation sites is 1. The molecule has 3 heteroatoms. The zero-order valence-corrected chi connectivity index (χ0v) is 10.7. The first-order valence-electron chi connectivity index (χ1n) is 6.33. The van der Waals surface area contributed by atoms with Crippen LogP contribution in [0.5, 0.6) is 0 Å². The third-order valence-corrected chi connectivity index (χ3v) is 3.43. The van der Waals surface area contributed by atoms with Crippen LogP contribution in [-0.2, 0) is 4.79 Å². The van der Waals surface area contributed by atoms with E-state index in [0.717, 1.165) is 22.0 Å². The summed E-state index contributed by atoms with van der Waals surface area (Å²) in [5.74, 6) is 0.226. The number of ketones is 1. The molecule has 2 aromatic heterocycles. The predicted molar refractivity (Wildman–Crippen MR) is 74.1 cm³/mol. The number of furan rings is 1. The Morgan fingerprint density at radius 2 is 2.16 bits per heavy atom. The molecule has 0 amide bonds. The lowest BCUT2D eigenvalue weighted by atomic mass is 9.89. The molecule has 0 unspecified atom stereocenters. The molecular weight excluding hydrogens is 238 g/mol. The molecule has 96 valence electrons. The highest BCUT2D eigenvalue weighted by atomic mass is 16.3. The number of carbonyl (C=O) groups excluding carboxylic acids is 1. The van der Waals surface area contributed by atoms with Crippen molar-refractivity contribution in [2.24, 2.45) is 0 Å². The van der Waals surface area contributed by atoms with E-state index in [-0.39, 0.29) is 11.7 Å². The van der Waals surface area contributed by atoms with Gasteiger partial charge in [-0.25, -0.2) is 0 Å². The van der Waals surface area contributed by atoms with Gasteiger partial charge >= 0.3 is 0 Å². The number of aromatic nitrogens is 1. The van der Waals surface area contributed by atoms with Gasteiger partial charge in [-0.1, -0.05) is 18.2 Å². The number of carbonyl (C=O) groups is 1. The highest BCUT2D eigenvalue weighted by Crippen LogP contribution is 2.33. The van der Waals surface area contributed by atoms with Crippen LogP contribution in [0.4, 0.5) is 0 Å². The van der Waals surface area contributed by atoms with Crippen LogP contribution in [0.15, 0.2) is 53.5 Å². The molecule has 0 fully saturated rings. The van der Waals surface area contributed by atoms with Crippen LogP contribution in [0.1, 0.15) is 30.4 Å². The maximum absolute atomic E-state index is 11.5. The molecule has 1 atom stereocenters. The third-order valence-electron chi connectivity index (χ3n) is 3.43. The summed E-state index contributed by atoms with van der Waals surface area (Å²) in [6.07, 6.45) is 5.85. The van der Waals surface area contributed by atoms with Crippen LogP contribution in [-0.4, -0.2) is 10.8 Å². The molecule has 0 saturated heterocycles. The molecule has 19 heavy (non-hydrogen) atoms. The summed E-state index contributed by atoms with van der Waals surface area (Å²) in [5.41, 5.74) is 3.28. The van der Waals surface area contributed by atoms with E-state index in [4.69, 9.17) is 4.42 Å². The van der Waals surface area contributed by atoms with Gasteiger partial charge in [0.15, 0.2) is 0 Å². The fourth-order valence-electron chi connectivity index (χ4n) is 2.55. The number of hydrogen-bond donors (Lipinski definition) is 1. The maximum atomic E-state index is 11.5. The van der Waals surface area contributed by atoms with Crippen molar-refractivity contribution in [2.75, 3.05) is 0 Å². The molecule has 3 aromatic rings. The summed E-state index contributed by atoms with van der Waals surface area (Å²) in [7, 11) is 0. The lowest BCUT2D eigenvalue weighted by molar-refractivity contribution is -0.117. The second-order valence-corrected chi connectivity index (χ2v) is 4.81. The zero-order valence-electron chi connectivity index (χ0n) is 10.7. The quantitative estimate of drug-likeness (QED) is 0.767. The van der Waals surface area contributed by atoms with Gasteiger partial charge in [-0.2, -0.15) is 0 Å². The topological polar surface area (TPSA) is 46.0 Å². The van der Waals surface area contributed by atoms with Crippen molar-refractivity contribution < 1.29 is 9.21 Å². The van der Waals surface area contributed by atoms with Gasteiger partial charge in [-0.15, -0.1) is 0 Å². The summed E-state index contributed by atoms with van der Waals surface area (Å²) in [5, 5.41) is 1.16. The minimum absolute atomic E-state index is 0.0485. The monoisotopic (exact) mass is 253 g/mol. The SMILES string of the molecule is CC(=O)C[C@@H](c1ccoc1)c1c[nH]c2ccccc12. The molecule has 0 aliphatic carbocycles. The number of benzene rings is 1. The van der Waals surface area contributed by atoms with E-state index < -0.39 is 0 Å². The predicted octanol–water partition coefficient (Wildman–Crippen LogP) is 3.87. The van der Waals surface area contributed by atoms with E-state index >= 15 is 0 Å². The third kappa shape index (κ3) is 2.19. The first-order chi connectivity index (χ1) is 9.25. The minimum Gasteiger partial charge on any atom is -0.472 e. The summed E-state index contributed by atoms with van der Waals surface area (Å²) in [6, 6.07) is 10.1. The standard InChI is InChI=1S/C16H15NO2/c1-11(18)8-14(12-6-7-19-10-12)15-9-17-16-5-3-2-4-13(15)16/h2-7,9-10,14,17H,8H2,1H3/t14-/m0/s1. The van der Waals surface area contributed by atoms with Crippen molar-refractivity contribution in [3.8, 4) is 0 Å². The highest BCUT2D eigenvalue weighted by Gasteiger charge is 2.20. The van der Waals surface area contributed by atoms with Gasteiger partial charge in [-0.05, 0) is 30.2 Å². The Morgan fingerprint density at radius 1 is 1.32 bits per heavy atom. The van der Waals surface area contributed by atoms with Crippen molar-refractivity contribution in [1.29, 1.82) is 0 Å². The first-order valence-corrected chi connectivity index (χ1v) is 6.33. The number of hydrogen-bond acceptors (Lipinski definition) is 2. The van der Waals surface area contributed by atoms with Crippen molar-refractivity contribution >= 4 is 16.7 Å². The smallest absolute Gasteiger partial charge is 0.130 e. The normalized spacial score (nSPS) is 12.7. The Morgan fingerprint density at radius 3 is 2.89 bits per heavy atom. The van der Waals surface area contributed by atoms with Crippen LogP contribution >= 0.6 is 0 Å². The molecule has 0 bridgehead atoms. The van der Waals surface area contributed by atoms with E-state index in [1.54, 1.807) is 19.5 Å². The van der Waals surface area contributed by atoms with Gasteiger partial charge in [0.2, 0.25) is 0 Å². The molecule has 0 saturated carbocycles. The van der Waals surface area contributed by atoms with E-state index in [1.807, 2.05) is 30.5 Å². The van der Waals surface area contributed by atoms with Crippen LogP contribution in [0.3, 0.4) is 0 Å². The van der Waals surface area contributed by atoms with Crippen LogP contribution < -0.4 is 0 Å². The van der Waals surface area contributed by atoms with Gasteiger partial charge in [0.25, 0.3) is 0 Å². The van der Waals surface area contributed by atoms with E-state index in [0.29, 0.717) is 6.42 Å².